The average molecular weight is 600 g/mol. The highest BCUT2D eigenvalue weighted by Crippen LogP contribution is 2.32. The molecule has 0 aliphatic carbocycles. The van der Waals surface area contributed by atoms with Crippen LogP contribution in [0.25, 0.3) is 43.8 Å². The molecule has 7 aromatic rings. The summed E-state index contributed by atoms with van der Waals surface area (Å²) >= 11 is 0. The first-order valence-electron chi connectivity index (χ1n) is 14.2. The highest BCUT2D eigenvalue weighted by atomic mass is 19.4. The van der Waals surface area contributed by atoms with E-state index in [0.717, 1.165) is 43.9 Å². The summed E-state index contributed by atoms with van der Waals surface area (Å²) in [6, 6.07) is 37.0. The fourth-order valence-electron chi connectivity index (χ4n) is 5.48. The molecule has 45 heavy (non-hydrogen) atoms. The van der Waals surface area contributed by atoms with Crippen LogP contribution in [0.4, 0.5) is 13.2 Å². The maximum Gasteiger partial charge on any atom is 0.416 e. The molecule has 6 aromatic carbocycles. The summed E-state index contributed by atoms with van der Waals surface area (Å²) in [6.07, 6.45) is -3.06. The summed E-state index contributed by atoms with van der Waals surface area (Å²) < 4.78 is 48.3. The third-order valence-electron chi connectivity index (χ3n) is 7.70. The fraction of sp³-hybridized carbons (Fsp3) is 0.0541. The minimum atomic E-state index is -4.57. The van der Waals surface area contributed by atoms with Gasteiger partial charge in [0.25, 0.3) is 5.56 Å². The van der Waals surface area contributed by atoms with Crippen LogP contribution in [0.1, 0.15) is 16.7 Å². The smallest absolute Gasteiger partial charge is 0.416 e. The number of ether oxygens (including phenoxy) is 1. The molecule has 0 radical (unpaired) electrons. The van der Waals surface area contributed by atoms with Crippen LogP contribution in [0.5, 0.6) is 5.75 Å². The molecule has 0 fully saturated rings. The zero-order valence-electron chi connectivity index (χ0n) is 23.7. The van der Waals surface area contributed by atoms with Gasteiger partial charge in [0, 0.05) is 11.1 Å². The van der Waals surface area contributed by atoms with Gasteiger partial charge in [0.1, 0.15) is 12.4 Å². The summed E-state index contributed by atoms with van der Waals surface area (Å²) in [5.74, 6) is 0.521. The molecule has 0 spiro atoms. The van der Waals surface area contributed by atoms with E-state index in [0.29, 0.717) is 16.8 Å². The Bertz CT molecular complexity index is 2300. The Labute approximate surface area is 255 Å². The first kappa shape index (κ1) is 28.0. The van der Waals surface area contributed by atoms with Gasteiger partial charge in [-0.3, -0.25) is 4.79 Å². The van der Waals surface area contributed by atoms with Crippen LogP contribution in [0.3, 0.4) is 0 Å². The average Bonchev–Trinajstić information content (AvgIpc) is 3.06. The quantitative estimate of drug-likeness (QED) is 0.180. The Morgan fingerprint density at radius 1 is 0.733 bits per heavy atom. The van der Waals surface area contributed by atoms with Crippen LogP contribution in [-0.4, -0.2) is 15.9 Å². The molecule has 0 aliphatic rings. The van der Waals surface area contributed by atoms with E-state index in [-0.39, 0.29) is 23.4 Å². The lowest BCUT2D eigenvalue weighted by Gasteiger charge is -2.14. The molecule has 5 nitrogen and oxygen atoms in total. The second kappa shape index (κ2) is 11.4. The van der Waals surface area contributed by atoms with E-state index in [9.17, 15) is 18.0 Å². The standard InChI is InChI=1S/C37H24F3N3O2/c38-37(39,40)28-14-8-12-26(21-28)35-42-33-18-6-5-17-31(33)36(44)43(35)41-22-32-30-16-4-2-10-25(30)19-20-34(32)45-23-27-13-7-11-24-9-1-3-15-29(24)27/h1-22H,23H2. The van der Waals surface area contributed by atoms with Gasteiger partial charge in [-0.05, 0) is 57.4 Å². The number of hydrogen-bond acceptors (Lipinski definition) is 4. The van der Waals surface area contributed by atoms with Crippen molar-refractivity contribution in [3.63, 3.8) is 0 Å². The Morgan fingerprint density at radius 3 is 2.20 bits per heavy atom. The largest absolute Gasteiger partial charge is 0.488 e. The molecular formula is C37H24F3N3O2. The number of para-hydroxylation sites is 1. The first-order valence-corrected chi connectivity index (χ1v) is 14.2. The molecule has 0 bridgehead atoms. The van der Waals surface area contributed by atoms with E-state index in [1.165, 1.54) is 18.3 Å². The van der Waals surface area contributed by atoms with Crippen LogP contribution in [0.15, 0.2) is 137 Å². The van der Waals surface area contributed by atoms with Crippen molar-refractivity contribution in [1.29, 1.82) is 0 Å². The molecule has 0 saturated carbocycles. The van der Waals surface area contributed by atoms with Crippen LogP contribution in [0, 0.1) is 0 Å². The van der Waals surface area contributed by atoms with Gasteiger partial charge in [-0.15, -0.1) is 0 Å². The van der Waals surface area contributed by atoms with Gasteiger partial charge in [-0.2, -0.15) is 22.9 Å². The highest BCUT2D eigenvalue weighted by Gasteiger charge is 2.31. The minimum Gasteiger partial charge on any atom is -0.488 e. The number of rotatable bonds is 6. The van der Waals surface area contributed by atoms with Gasteiger partial charge in [0.2, 0.25) is 0 Å². The summed E-state index contributed by atoms with van der Waals surface area (Å²) in [5, 5.41) is 8.80. The predicted octanol–water partition coefficient (Wildman–Crippen LogP) is 8.85. The SMILES string of the molecule is O=c1c2ccccc2nc(-c2cccc(C(F)(F)F)c2)n1N=Cc1c(OCc2cccc3ccccc23)ccc2ccccc12. The van der Waals surface area contributed by atoms with Crippen LogP contribution >= 0.6 is 0 Å². The maximum atomic E-state index is 13.8. The fourth-order valence-corrected chi connectivity index (χ4v) is 5.48. The molecular weight excluding hydrogens is 575 g/mol. The van der Waals surface area contributed by atoms with Gasteiger partial charge in [0.05, 0.1) is 22.7 Å². The summed E-state index contributed by atoms with van der Waals surface area (Å²) in [4.78, 5) is 18.3. The number of nitrogens with zero attached hydrogens (tertiary/aromatic N) is 3. The molecule has 8 heteroatoms. The van der Waals surface area contributed by atoms with Gasteiger partial charge in [-0.25, -0.2) is 4.98 Å². The third-order valence-corrected chi connectivity index (χ3v) is 7.70. The van der Waals surface area contributed by atoms with E-state index in [1.54, 1.807) is 24.3 Å². The molecule has 1 heterocycles. The minimum absolute atomic E-state index is 0.0143. The van der Waals surface area contributed by atoms with Crippen LogP contribution in [0.2, 0.25) is 0 Å². The molecule has 0 unspecified atom stereocenters. The van der Waals surface area contributed by atoms with Crippen molar-refractivity contribution in [2.45, 2.75) is 12.8 Å². The zero-order valence-corrected chi connectivity index (χ0v) is 23.7. The van der Waals surface area contributed by atoms with Crippen LogP contribution in [-0.2, 0) is 12.8 Å². The Kier molecular flexibility index (Phi) is 7.10. The van der Waals surface area contributed by atoms with Crippen molar-refractivity contribution >= 4 is 38.7 Å². The summed E-state index contributed by atoms with van der Waals surface area (Å²) in [5.41, 5.74) is 0.717. The Hall–Kier alpha value is -5.76. The van der Waals surface area contributed by atoms with E-state index in [2.05, 4.69) is 10.1 Å². The molecule has 0 saturated heterocycles. The van der Waals surface area contributed by atoms with Crippen molar-refractivity contribution in [1.82, 2.24) is 9.66 Å². The van der Waals surface area contributed by atoms with E-state index < -0.39 is 17.3 Å². The number of hydrogen-bond donors (Lipinski definition) is 0. The monoisotopic (exact) mass is 599 g/mol. The number of fused-ring (bicyclic) bond motifs is 3. The van der Waals surface area contributed by atoms with Crippen molar-refractivity contribution in [3.8, 4) is 17.1 Å². The molecule has 0 N–H and O–H groups in total. The van der Waals surface area contributed by atoms with E-state index >= 15 is 0 Å². The lowest BCUT2D eigenvalue weighted by molar-refractivity contribution is -0.137. The highest BCUT2D eigenvalue weighted by molar-refractivity contribution is 6.02. The molecule has 220 valence electrons. The van der Waals surface area contributed by atoms with E-state index in [1.807, 2.05) is 78.9 Å². The van der Waals surface area contributed by atoms with Crippen molar-refractivity contribution < 1.29 is 17.9 Å². The molecule has 0 atom stereocenters. The normalized spacial score (nSPS) is 12.0. The maximum absolute atomic E-state index is 13.8. The van der Waals surface area contributed by atoms with Crippen molar-refractivity contribution in [3.05, 3.63) is 154 Å². The molecule has 1 aromatic heterocycles. The molecule has 0 amide bonds. The van der Waals surface area contributed by atoms with Crippen molar-refractivity contribution in [2.24, 2.45) is 5.10 Å². The number of alkyl halides is 3. The predicted molar refractivity (Wildman–Crippen MR) is 172 cm³/mol. The second-order valence-electron chi connectivity index (χ2n) is 10.5. The lowest BCUT2D eigenvalue weighted by atomic mass is 10.0. The van der Waals surface area contributed by atoms with Gasteiger partial charge >= 0.3 is 6.18 Å². The van der Waals surface area contributed by atoms with Crippen LogP contribution < -0.4 is 10.3 Å². The third kappa shape index (κ3) is 5.42. The number of halogens is 3. The number of aromatic nitrogens is 2. The Balaban J connectivity index is 1.37. The van der Waals surface area contributed by atoms with E-state index in [4.69, 9.17) is 4.74 Å². The lowest BCUT2D eigenvalue weighted by Crippen LogP contribution is -2.20. The first-order chi connectivity index (χ1) is 21.9. The zero-order chi connectivity index (χ0) is 31.0. The van der Waals surface area contributed by atoms with Gasteiger partial charge < -0.3 is 4.74 Å². The van der Waals surface area contributed by atoms with Gasteiger partial charge in [0.15, 0.2) is 5.82 Å². The number of benzene rings is 6. The molecule has 7 rings (SSSR count). The van der Waals surface area contributed by atoms with Gasteiger partial charge in [-0.1, -0.05) is 97.1 Å². The Morgan fingerprint density at radius 2 is 1.40 bits per heavy atom. The summed E-state index contributed by atoms with van der Waals surface area (Å²) in [7, 11) is 0. The topological polar surface area (TPSA) is 56.5 Å². The molecule has 0 aliphatic heterocycles. The second-order valence-corrected chi connectivity index (χ2v) is 10.5. The van der Waals surface area contributed by atoms with Crippen molar-refractivity contribution in [2.75, 3.05) is 0 Å². The summed E-state index contributed by atoms with van der Waals surface area (Å²) in [6.45, 7) is 0.285.